The summed E-state index contributed by atoms with van der Waals surface area (Å²) in [4.78, 5) is 0. The zero-order valence-corrected chi connectivity index (χ0v) is 6.66. The first-order valence-electron chi connectivity index (χ1n) is 4.37. The van der Waals surface area contributed by atoms with Crippen LogP contribution in [0.15, 0.2) is 0 Å². The van der Waals surface area contributed by atoms with Gasteiger partial charge in [0.2, 0.25) is 0 Å². The van der Waals surface area contributed by atoms with Gasteiger partial charge in [0.05, 0.1) is 12.7 Å². The molecular weight excluding hydrogens is 142 g/mol. The van der Waals surface area contributed by atoms with E-state index >= 15 is 0 Å². The lowest BCUT2D eigenvalue weighted by atomic mass is 9.85. The molecule has 1 aliphatic carbocycles. The summed E-state index contributed by atoms with van der Waals surface area (Å²) in [6.07, 6.45) is 4.09. The van der Waals surface area contributed by atoms with Crippen LogP contribution in [0.2, 0.25) is 0 Å². The second-order valence-corrected chi connectivity index (χ2v) is 3.39. The lowest BCUT2D eigenvalue weighted by Crippen LogP contribution is -2.29. The minimum Gasteiger partial charge on any atom is -0.350 e. The number of hydrogen-bond donors (Lipinski definition) is 1. The Kier molecular flexibility index (Phi) is 2.11. The second kappa shape index (κ2) is 3.09. The molecule has 0 aromatic rings. The Balaban J connectivity index is 1.79. The highest BCUT2D eigenvalue weighted by atomic mass is 16.7. The molecule has 2 fully saturated rings. The molecule has 0 radical (unpaired) electrons. The van der Waals surface area contributed by atoms with Gasteiger partial charge < -0.3 is 15.2 Å². The number of rotatable bonds is 2. The summed E-state index contributed by atoms with van der Waals surface area (Å²) in [5.74, 6) is 0.659. The van der Waals surface area contributed by atoms with Crippen LogP contribution in [0, 0.1) is 5.92 Å². The molecule has 2 atom stereocenters. The fraction of sp³-hybridized carbons (Fsp3) is 1.00. The Bertz CT molecular complexity index is 136. The van der Waals surface area contributed by atoms with E-state index in [4.69, 9.17) is 15.2 Å². The van der Waals surface area contributed by atoms with E-state index in [9.17, 15) is 0 Å². The number of ether oxygens (including phenoxy) is 2. The van der Waals surface area contributed by atoms with Gasteiger partial charge in [0.1, 0.15) is 0 Å². The fourth-order valence-corrected chi connectivity index (χ4v) is 1.55. The van der Waals surface area contributed by atoms with Crippen LogP contribution >= 0.6 is 0 Å². The van der Waals surface area contributed by atoms with Crippen LogP contribution in [0.4, 0.5) is 0 Å². The van der Waals surface area contributed by atoms with Crippen LogP contribution in [0.3, 0.4) is 0 Å². The molecule has 2 aliphatic rings. The minimum atomic E-state index is 0.0669. The summed E-state index contributed by atoms with van der Waals surface area (Å²) in [6.45, 7) is 1.28. The topological polar surface area (TPSA) is 44.5 Å². The van der Waals surface area contributed by atoms with E-state index < -0.39 is 0 Å². The molecule has 0 aromatic heterocycles. The highest BCUT2D eigenvalue weighted by molar-refractivity contribution is 4.77. The van der Waals surface area contributed by atoms with Gasteiger partial charge in [-0.05, 0) is 12.8 Å². The van der Waals surface area contributed by atoms with Crippen molar-refractivity contribution in [3.05, 3.63) is 0 Å². The molecule has 2 N–H and O–H groups in total. The van der Waals surface area contributed by atoms with Crippen molar-refractivity contribution < 1.29 is 9.47 Å². The van der Waals surface area contributed by atoms with E-state index in [1.54, 1.807) is 0 Å². The Morgan fingerprint density at radius 1 is 1.36 bits per heavy atom. The Hall–Kier alpha value is -0.120. The first-order chi connectivity index (χ1) is 5.40. The van der Waals surface area contributed by atoms with Gasteiger partial charge in [0.15, 0.2) is 6.29 Å². The van der Waals surface area contributed by atoms with Crippen LogP contribution in [0.25, 0.3) is 0 Å². The number of hydrogen-bond acceptors (Lipinski definition) is 3. The highest BCUT2D eigenvalue weighted by Crippen LogP contribution is 2.34. The van der Waals surface area contributed by atoms with Gasteiger partial charge >= 0.3 is 0 Å². The molecule has 0 amide bonds. The van der Waals surface area contributed by atoms with Gasteiger partial charge in [-0.2, -0.15) is 0 Å². The second-order valence-electron chi connectivity index (χ2n) is 3.39. The first kappa shape index (κ1) is 7.53. The van der Waals surface area contributed by atoms with E-state index in [0.717, 1.165) is 0 Å². The highest BCUT2D eigenvalue weighted by Gasteiger charge is 2.34. The van der Waals surface area contributed by atoms with Crippen molar-refractivity contribution in [3.8, 4) is 0 Å². The molecule has 1 aliphatic heterocycles. The average molecular weight is 157 g/mol. The van der Waals surface area contributed by atoms with Gasteiger partial charge in [0, 0.05) is 12.5 Å². The van der Waals surface area contributed by atoms with Crippen molar-refractivity contribution in [2.45, 2.75) is 31.7 Å². The maximum absolute atomic E-state index is 5.57. The summed E-state index contributed by atoms with van der Waals surface area (Å²) < 4.78 is 11.0. The van der Waals surface area contributed by atoms with Crippen molar-refractivity contribution in [2.24, 2.45) is 11.7 Å². The van der Waals surface area contributed by atoms with Gasteiger partial charge in [-0.15, -0.1) is 0 Å². The largest absolute Gasteiger partial charge is 0.350 e. The van der Waals surface area contributed by atoms with Crippen molar-refractivity contribution in [2.75, 3.05) is 13.2 Å². The van der Waals surface area contributed by atoms with Gasteiger partial charge in [-0.1, -0.05) is 6.42 Å². The zero-order valence-electron chi connectivity index (χ0n) is 6.66. The first-order valence-corrected chi connectivity index (χ1v) is 4.37. The normalized spacial score (nSPS) is 39.0. The number of nitrogens with two attached hydrogens (primary N) is 1. The van der Waals surface area contributed by atoms with Crippen molar-refractivity contribution in [3.63, 3.8) is 0 Å². The van der Waals surface area contributed by atoms with Crippen molar-refractivity contribution >= 4 is 0 Å². The van der Waals surface area contributed by atoms with E-state index in [1.807, 2.05) is 0 Å². The van der Waals surface area contributed by atoms with Crippen molar-refractivity contribution in [1.29, 1.82) is 0 Å². The Morgan fingerprint density at radius 3 is 2.64 bits per heavy atom. The third kappa shape index (κ3) is 1.41. The summed E-state index contributed by atoms with van der Waals surface area (Å²) in [5, 5.41) is 0. The molecule has 3 heteroatoms. The Morgan fingerprint density at radius 2 is 2.18 bits per heavy atom. The lowest BCUT2D eigenvalue weighted by molar-refractivity contribution is -0.115. The predicted octanol–water partition coefficient (Wildman–Crippen LogP) is 0.487. The molecule has 0 bridgehead atoms. The monoisotopic (exact) mass is 157 g/mol. The molecule has 0 spiro atoms. The van der Waals surface area contributed by atoms with E-state index in [0.29, 0.717) is 19.1 Å². The smallest absolute Gasteiger partial charge is 0.161 e. The molecule has 11 heavy (non-hydrogen) atoms. The molecule has 2 rings (SSSR count). The molecule has 1 heterocycles. The lowest BCUT2D eigenvalue weighted by Gasteiger charge is -2.29. The van der Waals surface area contributed by atoms with Crippen LogP contribution in [0.1, 0.15) is 19.3 Å². The molecule has 3 nitrogen and oxygen atoms in total. The molecule has 64 valence electrons. The molecule has 1 saturated heterocycles. The van der Waals surface area contributed by atoms with Crippen molar-refractivity contribution in [1.82, 2.24) is 0 Å². The quantitative estimate of drug-likeness (QED) is 0.634. The van der Waals surface area contributed by atoms with Gasteiger partial charge in [-0.25, -0.2) is 0 Å². The standard InChI is InChI=1S/C8H15NO2/c9-4-7-5-10-8(11-7)6-2-1-3-6/h6-8H,1-5,9H2. The fourth-order valence-electron chi connectivity index (χ4n) is 1.55. The van der Waals surface area contributed by atoms with Crippen LogP contribution in [-0.2, 0) is 9.47 Å². The van der Waals surface area contributed by atoms with Gasteiger partial charge in [-0.3, -0.25) is 0 Å². The summed E-state index contributed by atoms with van der Waals surface area (Å²) >= 11 is 0. The van der Waals surface area contributed by atoms with E-state index in [1.165, 1.54) is 19.3 Å². The maximum atomic E-state index is 5.57. The summed E-state index contributed by atoms with van der Waals surface area (Å²) in [5.41, 5.74) is 5.45. The summed E-state index contributed by atoms with van der Waals surface area (Å²) in [6, 6.07) is 0. The van der Waals surface area contributed by atoms with E-state index in [-0.39, 0.29) is 12.4 Å². The third-order valence-electron chi connectivity index (χ3n) is 2.57. The molecular formula is C8H15NO2. The SMILES string of the molecule is NCC1COC(C2CCC2)O1. The van der Waals surface area contributed by atoms with E-state index in [2.05, 4.69) is 0 Å². The third-order valence-corrected chi connectivity index (χ3v) is 2.57. The molecule has 1 saturated carbocycles. The van der Waals surface area contributed by atoms with Crippen LogP contribution < -0.4 is 5.73 Å². The zero-order chi connectivity index (χ0) is 7.68. The minimum absolute atomic E-state index is 0.0669. The molecule has 2 unspecified atom stereocenters. The predicted molar refractivity (Wildman–Crippen MR) is 41.0 cm³/mol. The Labute approximate surface area is 66.8 Å². The maximum Gasteiger partial charge on any atom is 0.161 e. The average Bonchev–Trinajstić information content (AvgIpc) is 2.32. The van der Waals surface area contributed by atoms with Crippen LogP contribution in [0.5, 0.6) is 0 Å². The summed E-state index contributed by atoms with van der Waals surface area (Å²) in [7, 11) is 0. The van der Waals surface area contributed by atoms with Crippen LogP contribution in [-0.4, -0.2) is 25.5 Å². The van der Waals surface area contributed by atoms with Gasteiger partial charge in [0.25, 0.3) is 0 Å². The molecule has 0 aromatic carbocycles.